The predicted molar refractivity (Wildman–Crippen MR) is 163 cm³/mol. The summed E-state index contributed by atoms with van der Waals surface area (Å²) in [4.78, 5) is 0. The molecule has 0 aromatic carbocycles. The van der Waals surface area contributed by atoms with Gasteiger partial charge < -0.3 is 35.4 Å². The Labute approximate surface area is 235 Å². The quantitative estimate of drug-likeness (QED) is 0.0784. The van der Waals surface area contributed by atoms with E-state index in [4.69, 9.17) is 35.4 Å². The van der Waals surface area contributed by atoms with Gasteiger partial charge in [-0.2, -0.15) is 0 Å². The Hall–Kier alpha value is 1.25. The van der Waals surface area contributed by atoms with Crippen LogP contribution < -0.4 is 0 Å². The van der Waals surface area contributed by atoms with E-state index in [1.54, 1.807) is 0 Å². The van der Waals surface area contributed by atoms with Gasteiger partial charge >= 0.3 is 35.7 Å². The molecule has 2 atom stereocenters. The van der Waals surface area contributed by atoms with Crippen LogP contribution in [0.5, 0.6) is 0 Å². The SMILES string of the molecule is CCO[SiH](OCC)C(CCSSCCC(O[Si](C)(C)OCC)[SiH](OCC)OCC)O[Si](C)(C)OCC. The molecule has 0 radical (unpaired) electrons. The van der Waals surface area contributed by atoms with Crippen LogP contribution in [0.4, 0.5) is 0 Å². The van der Waals surface area contributed by atoms with Crippen LogP contribution in [-0.2, 0) is 35.4 Å². The molecule has 0 aromatic rings. The zero-order valence-corrected chi connectivity index (χ0v) is 30.4. The topological polar surface area (TPSA) is 73.8 Å². The van der Waals surface area contributed by atoms with Crippen LogP contribution in [0.25, 0.3) is 0 Å². The molecule has 0 fully saturated rings. The highest BCUT2D eigenvalue weighted by Crippen LogP contribution is 2.27. The normalized spacial score (nSPS) is 14.7. The van der Waals surface area contributed by atoms with Crippen molar-refractivity contribution in [3.8, 4) is 0 Å². The molecule has 0 saturated heterocycles. The Kier molecular flexibility index (Phi) is 22.8. The lowest BCUT2D eigenvalue weighted by Gasteiger charge is -2.32. The lowest BCUT2D eigenvalue weighted by Crippen LogP contribution is -2.48. The largest absolute Gasteiger partial charge is 0.395 e. The maximum absolute atomic E-state index is 6.50. The van der Waals surface area contributed by atoms with Crippen LogP contribution in [-0.4, -0.2) is 98.3 Å². The highest BCUT2D eigenvalue weighted by atomic mass is 33.1. The van der Waals surface area contributed by atoms with Crippen LogP contribution in [0, 0.1) is 0 Å². The smallest absolute Gasteiger partial charge is 0.350 e. The van der Waals surface area contributed by atoms with Crippen molar-refractivity contribution in [2.45, 2.75) is 92.0 Å². The molecule has 0 heterocycles. The Balaban J connectivity index is 4.95. The molecule has 0 amide bonds. The second kappa shape index (κ2) is 22.0. The second-order valence-corrected chi connectivity index (χ2v) is 22.4. The van der Waals surface area contributed by atoms with Gasteiger partial charge in [-0.05, 0) is 80.6 Å². The summed E-state index contributed by atoms with van der Waals surface area (Å²) in [6, 6.07) is 0. The van der Waals surface area contributed by atoms with E-state index in [1.807, 2.05) is 63.1 Å². The van der Waals surface area contributed by atoms with Crippen molar-refractivity contribution in [3.63, 3.8) is 0 Å². The fourth-order valence-electron chi connectivity index (χ4n) is 3.62. The molecule has 0 rings (SSSR count). The first kappa shape index (κ1) is 37.2. The van der Waals surface area contributed by atoms with Crippen LogP contribution in [0.1, 0.15) is 54.4 Å². The highest BCUT2D eigenvalue weighted by molar-refractivity contribution is 8.76. The molecule has 8 nitrogen and oxygen atoms in total. The van der Waals surface area contributed by atoms with E-state index in [9.17, 15) is 0 Å². The molecule has 0 bridgehead atoms. The molecule has 0 N–H and O–H groups in total. The van der Waals surface area contributed by atoms with Crippen molar-refractivity contribution in [1.82, 2.24) is 0 Å². The van der Waals surface area contributed by atoms with Gasteiger partial charge in [-0.3, -0.25) is 0 Å². The van der Waals surface area contributed by atoms with Crippen molar-refractivity contribution >= 4 is 57.3 Å². The lowest BCUT2D eigenvalue weighted by molar-refractivity contribution is 0.112. The van der Waals surface area contributed by atoms with Crippen LogP contribution in [0.15, 0.2) is 0 Å². The van der Waals surface area contributed by atoms with Gasteiger partial charge in [0.05, 0.1) is 11.5 Å². The molecule has 36 heavy (non-hydrogen) atoms. The van der Waals surface area contributed by atoms with Gasteiger partial charge in [0.25, 0.3) is 0 Å². The molecule has 0 aromatic heterocycles. The zero-order chi connectivity index (χ0) is 27.5. The van der Waals surface area contributed by atoms with Crippen molar-refractivity contribution < 1.29 is 35.4 Å². The highest BCUT2D eigenvalue weighted by Gasteiger charge is 2.36. The summed E-state index contributed by atoms with van der Waals surface area (Å²) in [5.41, 5.74) is -0.0408. The summed E-state index contributed by atoms with van der Waals surface area (Å²) >= 11 is 0. The van der Waals surface area contributed by atoms with E-state index < -0.39 is 35.7 Å². The molecule has 0 saturated carbocycles. The van der Waals surface area contributed by atoms with Crippen molar-refractivity contribution in [2.75, 3.05) is 51.1 Å². The van der Waals surface area contributed by atoms with E-state index in [2.05, 4.69) is 26.2 Å². The number of hydrogen-bond donors (Lipinski definition) is 0. The standard InChI is InChI=1S/C22H54O8S2Si4/c1-11-23-33(24-12-2)21(29-35(7,8)27-15-5)17-19-31-32-20-18-22(30-36(9,10)28-16-6)34(25-13-3)26-14-4/h21-22,33-34H,11-20H2,1-10H3. The summed E-state index contributed by atoms with van der Waals surface area (Å²) in [5, 5.41) is 0. The van der Waals surface area contributed by atoms with E-state index in [1.165, 1.54) is 0 Å². The Morgan fingerprint density at radius 1 is 0.528 bits per heavy atom. The average molecular weight is 623 g/mol. The van der Waals surface area contributed by atoms with Gasteiger partial charge in [0.2, 0.25) is 0 Å². The van der Waals surface area contributed by atoms with Gasteiger partial charge in [0, 0.05) is 51.1 Å². The first-order chi connectivity index (χ1) is 17.1. The first-order valence-electron chi connectivity index (χ1n) is 13.4. The monoisotopic (exact) mass is 622 g/mol. The van der Waals surface area contributed by atoms with Crippen LogP contribution in [0.2, 0.25) is 26.2 Å². The van der Waals surface area contributed by atoms with E-state index in [-0.39, 0.29) is 11.5 Å². The zero-order valence-electron chi connectivity index (χ0n) is 24.5. The molecule has 0 aliphatic rings. The molecule has 0 spiro atoms. The van der Waals surface area contributed by atoms with E-state index in [0.29, 0.717) is 39.6 Å². The van der Waals surface area contributed by atoms with Crippen molar-refractivity contribution in [3.05, 3.63) is 0 Å². The molecule has 2 unspecified atom stereocenters. The summed E-state index contributed by atoms with van der Waals surface area (Å²) < 4.78 is 48.9. The Morgan fingerprint density at radius 2 is 0.833 bits per heavy atom. The third-order valence-electron chi connectivity index (χ3n) is 4.84. The van der Waals surface area contributed by atoms with Crippen LogP contribution in [0.3, 0.4) is 0 Å². The van der Waals surface area contributed by atoms with Gasteiger partial charge in [0.15, 0.2) is 0 Å². The Bertz CT molecular complexity index is 470. The van der Waals surface area contributed by atoms with Crippen LogP contribution >= 0.6 is 21.6 Å². The summed E-state index contributed by atoms with van der Waals surface area (Å²) in [6.07, 6.45) is 1.77. The number of hydrogen-bond acceptors (Lipinski definition) is 10. The molecule has 0 aliphatic heterocycles. The molecule has 218 valence electrons. The second-order valence-electron chi connectivity index (χ2n) is 8.76. The predicted octanol–water partition coefficient (Wildman–Crippen LogP) is 5.06. The molecular formula is C22H54O8S2Si4. The maximum atomic E-state index is 6.50. The minimum absolute atomic E-state index is 0.0204. The van der Waals surface area contributed by atoms with Gasteiger partial charge in [0.1, 0.15) is 0 Å². The third kappa shape index (κ3) is 17.8. The maximum Gasteiger partial charge on any atom is 0.350 e. The van der Waals surface area contributed by atoms with Gasteiger partial charge in [-0.15, -0.1) is 0 Å². The van der Waals surface area contributed by atoms with E-state index >= 15 is 0 Å². The summed E-state index contributed by atoms with van der Waals surface area (Å²) in [5.74, 6) is 1.91. The van der Waals surface area contributed by atoms with Crippen molar-refractivity contribution in [2.24, 2.45) is 0 Å². The minimum Gasteiger partial charge on any atom is -0.395 e. The molecular weight excluding hydrogens is 569 g/mol. The minimum atomic E-state index is -2.22. The average Bonchev–Trinajstić information content (AvgIpc) is 2.79. The summed E-state index contributed by atoms with van der Waals surface area (Å²) in [6.45, 7) is 24.4. The van der Waals surface area contributed by atoms with Gasteiger partial charge in [-0.1, -0.05) is 21.6 Å². The van der Waals surface area contributed by atoms with Gasteiger partial charge in [-0.25, -0.2) is 0 Å². The lowest BCUT2D eigenvalue weighted by atomic mass is 10.5. The Morgan fingerprint density at radius 3 is 1.08 bits per heavy atom. The fraction of sp³-hybridized carbons (Fsp3) is 1.00. The van der Waals surface area contributed by atoms with Crippen molar-refractivity contribution in [1.29, 1.82) is 0 Å². The number of rotatable bonds is 25. The fourth-order valence-corrected chi connectivity index (χ4v) is 15.6. The molecule has 14 heteroatoms. The molecule has 0 aliphatic carbocycles. The van der Waals surface area contributed by atoms with E-state index in [0.717, 1.165) is 24.3 Å². The first-order valence-corrected chi connectivity index (χ1v) is 24.8. The third-order valence-corrected chi connectivity index (χ3v) is 16.4. The summed E-state index contributed by atoms with van der Waals surface area (Å²) in [7, 11) is -4.64.